The van der Waals surface area contributed by atoms with Crippen LogP contribution in [-0.4, -0.2) is 26.1 Å². The SMILES string of the molecule is CC(C)N(C)C1CCC(C)(C)c2cc(C#C[Si](C)(C)C)ccc21. The van der Waals surface area contributed by atoms with Crippen LogP contribution in [0.5, 0.6) is 0 Å². The first-order valence-electron chi connectivity index (χ1n) is 8.91. The zero-order valence-electron chi connectivity index (χ0n) is 16.2. The van der Waals surface area contributed by atoms with Gasteiger partial charge in [-0.15, -0.1) is 5.54 Å². The van der Waals surface area contributed by atoms with Gasteiger partial charge in [-0.3, -0.25) is 4.90 Å². The van der Waals surface area contributed by atoms with Crippen LogP contribution in [0.4, 0.5) is 0 Å². The van der Waals surface area contributed by atoms with Crippen molar-refractivity contribution < 1.29 is 0 Å². The predicted octanol–water partition coefficient (Wildman–Crippen LogP) is 5.37. The van der Waals surface area contributed by atoms with Crippen LogP contribution in [0.1, 0.15) is 63.3 Å². The molecule has 0 N–H and O–H groups in total. The molecule has 1 aromatic carbocycles. The summed E-state index contributed by atoms with van der Waals surface area (Å²) in [5, 5.41) is 0. The highest BCUT2D eigenvalue weighted by Gasteiger charge is 2.34. The molecule has 0 heterocycles. The Kier molecular flexibility index (Phi) is 5.14. The van der Waals surface area contributed by atoms with Crippen LogP contribution in [0.2, 0.25) is 19.6 Å². The molecular weight excluding hydrogens is 294 g/mol. The fourth-order valence-corrected chi connectivity index (χ4v) is 3.86. The molecule has 23 heavy (non-hydrogen) atoms. The van der Waals surface area contributed by atoms with E-state index in [1.807, 2.05) is 0 Å². The number of rotatable bonds is 2. The molecule has 2 rings (SSSR count). The second kappa shape index (κ2) is 6.46. The predicted molar refractivity (Wildman–Crippen MR) is 105 cm³/mol. The lowest BCUT2D eigenvalue weighted by atomic mass is 9.70. The molecule has 1 aliphatic carbocycles. The summed E-state index contributed by atoms with van der Waals surface area (Å²) in [5.41, 5.74) is 7.95. The Bertz CT molecular complexity index is 625. The van der Waals surface area contributed by atoms with E-state index in [0.29, 0.717) is 12.1 Å². The van der Waals surface area contributed by atoms with E-state index in [1.165, 1.54) is 29.5 Å². The zero-order chi connectivity index (χ0) is 17.4. The van der Waals surface area contributed by atoms with Crippen molar-refractivity contribution in [1.82, 2.24) is 4.90 Å². The average molecular weight is 328 g/mol. The second-order valence-corrected chi connectivity index (χ2v) is 13.7. The molecule has 0 saturated carbocycles. The highest BCUT2D eigenvalue weighted by Crippen LogP contribution is 2.44. The molecule has 0 bridgehead atoms. The van der Waals surface area contributed by atoms with Gasteiger partial charge >= 0.3 is 0 Å². The van der Waals surface area contributed by atoms with E-state index in [2.05, 4.69) is 88.9 Å². The van der Waals surface area contributed by atoms with Crippen LogP contribution in [0.3, 0.4) is 0 Å². The van der Waals surface area contributed by atoms with E-state index in [0.717, 1.165) is 0 Å². The quantitative estimate of drug-likeness (QED) is 0.521. The Morgan fingerprint density at radius 3 is 2.43 bits per heavy atom. The molecule has 1 nitrogen and oxygen atoms in total. The van der Waals surface area contributed by atoms with Crippen LogP contribution < -0.4 is 0 Å². The second-order valence-electron chi connectivity index (χ2n) is 9.00. The number of hydrogen-bond donors (Lipinski definition) is 0. The Morgan fingerprint density at radius 1 is 1.22 bits per heavy atom. The van der Waals surface area contributed by atoms with E-state index < -0.39 is 8.07 Å². The van der Waals surface area contributed by atoms with Gasteiger partial charge in [0.2, 0.25) is 0 Å². The number of fused-ring (bicyclic) bond motifs is 1. The number of benzene rings is 1. The van der Waals surface area contributed by atoms with Crippen molar-refractivity contribution in [3.05, 3.63) is 34.9 Å². The Hall–Kier alpha value is -1.04. The van der Waals surface area contributed by atoms with Gasteiger partial charge in [-0.1, -0.05) is 45.5 Å². The van der Waals surface area contributed by atoms with Gasteiger partial charge in [-0.05, 0) is 62.4 Å². The van der Waals surface area contributed by atoms with E-state index in [4.69, 9.17) is 0 Å². The summed E-state index contributed by atoms with van der Waals surface area (Å²) in [6.45, 7) is 16.2. The highest BCUT2D eigenvalue weighted by atomic mass is 28.3. The topological polar surface area (TPSA) is 3.24 Å². The van der Waals surface area contributed by atoms with Crippen molar-refractivity contribution in [2.45, 2.75) is 77.7 Å². The Labute approximate surface area is 144 Å². The number of hydrogen-bond acceptors (Lipinski definition) is 1. The summed E-state index contributed by atoms with van der Waals surface area (Å²) in [4.78, 5) is 2.52. The molecule has 126 valence electrons. The summed E-state index contributed by atoms with van der Waals surface area (Å²) in [6.07, 6.45) is 2.49. The normalized spacial score (nSPS) is 20.2. The van der Waals surface area contributed by atoms with Crippen molar-refractivity contribution in [3.8, 4) is 11.5 Å². The summed E-state index contributed by atoms with van der Waals surface area (Å²) in [7, 11) is 0.933. The fraction of sp³-hybridized carbons (Fsp3) is 0.619. The summed E-state index contributed by atoms with van der Waals surface area (Å²) < 4.78 is 0. The smallest absolute Gasteiger partial charge is 0.129 e. The van der Waals surface area contributed by atoms with Gasteiger partial charge in [0, 0.05) is 17.6 Å². The summed E-state index contributed by atoms with van der Waals surface area (Å²) in [6, 6.07) is 8.04. The molecular formula is C21H33NSi. The van der Waals surface area contributed by atoms with Crippen LogP contribution in [0, 0.1) is 11.5 Å². The van der Waals surface area contributed by atoms with Crippen molar-refractivity contribution in [3.63, 3.8) is 0 Å². The minimum Gasteiger partial charge on any atom is -0.297 e. The first-order valence-corrected chi connectivity index (χ1v) is 12.4. The maximum atomic E-state index is 3.50. The van der Waals surface area contributed by atoms with Crippen LogP contribution in [0.15, 0.2) is 18.2 Å². The lowest BCUT2D eigenvalue weighted by Crippen LogP contribution is -2.37. The standard InChI is InChI=1S/C21H33NSi/c1-16(2)22(5)20-11-13-21(3,4)19-15-17(9-10-18(19)20)12-14-23(6,7)8/h9-10,15-16,20H,11,13H2,1-8H3. The minimum atomic E-state index is -1.33. The van der Waals surface area contributed by atoms with Crippen molar-refractivity contribution in [2.24, 2.45) is 0 Å². The molecule has 0 fully saturated rings. The number of nitrogens with zero attached hydrogens (tertiary/aromatic N) is 1. The molecule has 1 unspecified atom stereocenters. The highest BCUT2D eigenvalue weighted by molar-refractivity contribution is 6.83. The molecule has 0 spiro atoms. The van der Waals surface area contributed by atoms with Crippen LogP contribution in [-0.2, 0) is 5.41 Å². The van der Waals surface area contributed by atoms with Gasteiger partial charge in [-0.2, -0.15) is 0 Å². The lowest BCUT2D eigenvalue weighted by Gasteiger charge is -2.42. The first kappa shape index (κ1) is 18.3. The van der Waals surface area contributed by atoms with Gasteiger partial charge < -0.3 is 0 Å². The molecule has 1 aromatic rings. The Morgan fingerprint density at radius 2 is 1.87 bits per heavy atom. The molecule has 0 radical (unpaired) electrons. The lowest BCUT2D eigenvalue weighted by molar-refractivity contribution is 0.163. The minimum absolute atomic E-state index is 0.250. The zero-order valence-corrected chi connectivity index (χ0v) is 17.2. The van der Waals surface area contributed by atoms with Crippen molar-refractivity contribution >= 4 is 8.07 Å². The van der Waals surface area contributed by atoms with E-state index in [1.54, 1.807) is 0 Å². The third kappa shape index (κ3) is 4.28. The summed E-state index contributed by atoms with van der Waals surface area (Å²) >= 11 is 0. The molecule has 1 atom stereocenters. The molecule has 0 saturated heterocycles. The fourth-order valence-electron chi connectivity index (χ4n) is 3.34. The van der Waals surface area contributed by atoms with Gasteiger partial charge in [0.15, 0.2) is 0 Å². The van der Waals surface area contributed by atoms with Gasteiger partial charge in [0.25, 0.3) is 0 Å². The maximum absolute atomic E-state index is 3.50. The molecule has 0 aromatic heterocycles. The first-order chi connectivity index (χ1) is 10.5. The molecule has 0 aliphatic heterocycles. The van der Waals surface area contributed by atoms with Gasteiger partial charge in [0.05, 0.1) is 0 Å². The summed E-state index contributed by atoms with van der Waals surface area (Å²) in [5.74, 6) is 3.44. The van der Waals surface area contributed by atoms with Crippen molar-refractivity contribution in [1.29, 1.82) is 0 Å². The third-order valence-corrected chi connectivity index (χ3v) is 5.95. The largest absolute Gasteiger partial charge is 0.297 e. The van der Waals surface area contributed by atoms with Crippen LogP contribution in [0.25, 0.3) is 0 Å². The van der Waals surface area contributed by atoms with E-state index in [-0.39, 0.29) is 5.41 Å². The molecule has 0 amide bonds. The third-order valence-electron chi connectivity index (χ3n) is 5.07. The Balaban J connectivity index is 2.46. The van der Waals surface area contributed by atoms with Crippen molar-refractivity contribution in [2.75, 3.05) is 7.05 Å². The molecule has 1 aliphatic rings. The van der Waals surface area contributed by atoms with Crippen LogP contribution >= 0.6 is 0 Å². The van der Waals surface area contributed by atoms with E-state index >= 15 is 0 Å². The van der Waals surface area contributed by atoms with E-state index in [9.17, 15) is 0 Å². The average Bonchev–Trinajstić information content (AvgIpc) is 2.44. The van der Waals surface area contributed by atoms with Gasteiger partial charge in [0.1, 0.15) is 8.07 Å². The van der Waals surface area contributed by atoms with Gasteiger partial charge in [-0.25, -0.2) is 0 Å². The molecule has 2 heteroatoms. The maximum Gasteiger partial charge on any atom is 0.129 e. The monoisotopic (exact) mass is 327 g/mol.